The van der Waals surface area contributed by atoms with E-state index in [1.54, 1.807) is 69.7 Å². The topological polar surface area (TPSA) is 105 Å². The van der Waals surface area contributed by atoms with Crippen LogP contribution in [0.3, 0.4) is 0 Å². The van der Waals surface area contributed by atoms with Gasteiger partial charge in [-0.2, -0.15) is 0 Å². The van der Waals surface area contributed by atoms with E-state index >= 15 is 0 Å². The SMILES string of the molecule is COC(=O)c1ccc(C2C(C(=O)OCc3ccccc3)=C(C)N=c3sc(=Cc4ccc(OC)cc4OC)c(=O)n32)cc1. The van der Waals surface area contributed by atoms with Gasteiger partial charge in [-0.1, -0.05) is 53.8 Å². The Balaban J connectivity index is 1.63. The monoisotopic (exact) mass is 584 g/mol. The van der Waals surface area contributed by atoms with E-state index in [2.05, 4.69) is 4.99 Å². The van der Waals surface area contributed by atoms with Crippen molar-refractivity contribution in [3.05, 3.63) is 126 Å². The molecule has 0 N–H and O–H groups in total. The summed E-state index contributed by atoms with van der Waals surface area (Å²) >= 11 is 1.20. The zero-order valence-corrected chi connectivity index (χ0v) is 24.3. The number of nitrogens with zero attached hydrogens (tertiary/aromatic N) is 2. The molecule has 42 heavy (non-hydrogen) atoms. The summed E-state index contributed by atoms with van der Waals surface area (Å²) in [5.41, 5.74) is 2.80. The average molecular weight is 585 g/mol. The fraction of sp³-hybridized carbons (Fsp3) is 0.188. The normalized spacial score (nSPS) is 14.6. The Hall–Kier alpha value is -4.96. The maximum absolute atomic E-state index is 14.0. The van der Waals surface area contributed by atoms with Crippen LogP contribution in [-0.2, 0) is 20.9 Å². The summed E-state index contributed by atoms with van der Waals surface area (Å²) < 4.78 is 23.2. The van der Waals surface area contributed by atoms with Crippen LogP contribution in [0.2, 0.25) is 0 Å². The predicted molar refractivity (Wildman–Crippen MR) is 157 cm³/mol. The Morgan fingerprint density at radius 3 is 2.36 bits per heavy atom. The molecule has 214 valence electrons. The minimum absolute atomic E-state index is 0.0616. The Bertz CT molecular complexity index is 1860. The second-order valence-corrected chi connectivity index (χ2v) is 10.4. The van der Waals surface area contributed by atoms with Gasteiger partial charge in [0, 0.05) is 11.6 Å². The zero-order valence-electron chi connectivity index (χ0n) is 23.5. The molecule has 10 heteroatoms. The summed E-state index contributed by atoms with van der Waals surface area (Å²) in [5, 5.41) is 0. The van der Waals surface area contributed by atoms with Crippen molar-refractivity contribution >= 4 is 29.4 Å². The van der Waals surface area contributed by atoms with Crippen molar-refractivity contribution < 1.29 is 28.5 Å². The predicted octanol–water partition coefficient (Wildman–Crippen LogP) is 3.78. The molecule has 3 aromatic carbocycles. The zero-order chi connectivity index (χ0) is 29.8. The number of aromatic nitrogens is 1. The molecule has 5 rings (SSSR count). The summed E-state index contributed by atoms with van der Waals surface area (Å²) in [5.74, 6) is 0.0769. The first kappa shape index (κ1) is 28.6. The Kier molecular flexibility index (Phi) is 8.35. The first-order valence-corrected chi connectivity index (χ1v) is 13.8. The molecule has 1 aliphatic heterocycles. The van der Waals surface area contributed by atoms with Crippen LogP contribution in [-0.4, -0.2) is 37.8 Å². The summed E-state index contributed by atoms with van der Waals surface area (Å²) in [4.78, 5) is 44.7. The molecule has 0 radical (unpaired) electrons. The lowest BCUT2D eigenvalue weighted by Crippen LogP contribution is -2.39. The van der Waals surface area contributed by atoms with E-state index in [0.717, 1.165) is 5.56 Å². The summed E-state index contributed by atoms with van der Waals surface area (Å²) in [7, 11) is 4.41. The molecule has 0 saturated heterocycles. The number of thiazole rings is 1. The molecule has 9 nitrogen and oxygen atoms in total. The third-order valence-corrected chi connectivity index (χ3v) is 7.81. The molecule has 2 heterocycles. The highest BCUT2D eigenvalue weighted by Crippen LogP contribution is 2.31. The third kappa shape index (κ3) is 5.61. The number of methoxy groups -OCH3 is 3. The highest BCUT2D eigenvalue weighted by Gasteiger charge is 2.33. The molecule has 0 saturated carbocycles. The van der Waals surface area contributed by atoms with Gasteiger partial charge in [0.05, 0.1) is 48.7 Å². The molecule has 0 bridgehead atoms. The van der Waals surface area contributed by atoms with E-state index in [-0.39, 0.29) is 17.7 Å². The van der Waals surface area contributed by atoms with Crippen LogP contribution in [0.4, 0.5) is 0 Å². The molecule has 1 aromatic heterocycles. The number of carbonyl (C=O) groups is 2. The largest absolute Gasteiger partial charge is 0.497 e. The number of allylic oxidation sites excluding steroid dienone is 1. The van der Waals surface area contributed by atoms with Gasteiger partial charge in [-0.05, 0) is 48.4 Å². The number of rotatable bonds is 8. The molecule has 4 aromatic rings. The van der Waals surface area contributed by atoms with Gasteiger partial charge < -0.3 is 18.9 Å². The second-order valence-electron chi connectivity index (χ2n) is 9.37. The third-order valence-electron chi connectivity index (χ3n) is 6.83. The molecule has 1 atom stereocenters. The second kappa shape index (κ2) is 12.3. The van der Waals surface area contributed by atoms with Crippen molar-refractivity contribution in [1.29, 1.82) is 0 Å². The van der Waals surface area contributed by atoms with Crippen molar-refractivity contribution in [2.45, 2.75) is 19.6 Å². The van der Waals surface area contributed by atoms with E-state index < -0.39 is 18.0 Å². The number of hydrogen-bond acceptors (Lipinski definition) is 9. The number of esters is 2. The molecular weight excluding hydrogens is 556 g/mol. The van der Waals surface area contributed by atoms with Crippen LogP contribution in [0, 0.1) is 0 Å². The fourth-order valence-electron chi connectivity index (χ4n) is 4.70. The van der Waals surface area contributed by atoms with E-state index in [1.807, 2.05) is 30.3 Å². The van der Waals surface area contributed by atoms with Crippen molar-refractivity contribution in [3.8, 4) is 11.5 Å². The van der Waals surface area contributed by atoms with Crippen molar-refractivity contribution in [3.63, 3.8) is 0 Å². The van der Waals surface area contributed by atoms with Crippen LogP contribution in [0.15, 0.2) is 93.9 Å². The smallest absolute Gasteiger partial charge is 0.338 e. The maximum atomic E-state index is 14.0. The van der Waals surface area contributed by atoms with Crippen LogP contribution < -0.4 is 24.4 Å². The van der Waals surface area contributed by atoms with Gasteiger partial charge in [0.15, 0.2) is 4.80 Å². The number of ether oxygens (including phenoxy) is 4. The van der Waals surface area contributed by atoms with Crippen LogP contribution >= 0.6 is 11.3 Å². The van der Waals surface area contributed by atoms with E-state index in [9.17, 15) is 14.4 Å². The molecule has 0 amide bonds. The Morgan fingerprint density at radius 1 is 0.952 bits per heavy atom. The average Bonchev–Trinajstić information content (AvgIpc) is 3.33. The quantitative estimate of drug-likeness (QED) is 0.290. The van der Waals surface area contributed by atoms with Crippen LogP contribution in [0.5, 0.6) is 11.5 Å². The Labute approximate surface area is 245 Å². The molecule has 1 unspecified atom stereocenters. The van der Waals surface area contributed by atoms with Crippen molar-refractivity contribution in [1.82, 2.24) is 4.57 Å². The van der Waals surface area contributed by atoms with E-state index in [0.29, 0.717) is 43.2 Å². The molecule has 1 aliphatic rings. The van der Waals surface area contributed by atoms with Crippen LogP contribution in [0.1, 0.15) is 40.0 Å². The standard InChI is InChI=1S/C32H28N2O7S/c1-19-27(31(37)41-18-20-8-6-5-7-9-20)28(21-10-12-22(13-11-21)30(36)40-4)34-29(35)26(42-32(34)33-19)16-23-14-15-24(38-2)17-25(23)39-3/h5-17,28H,18H2,1-4H3. The Morgan fingerprint density at radius 2 is 1.69 bits per heavy atom. The van der Waals surface area contributed by atoms with Gasteiger partial charge in [0.2, 0.25) is 0 Å². The molecule has 0 fully saturated rings. The van der Waals surface area contributed by atoms with Gasteiger partial charge >= 0.3 is 11.9 Å². The number of carbonyl (C=O) groups excluding carboxylic acids is 2. The molecule has 0 aliphatic carbocycles. The van der Waals surface area contributed by atoms with Gasteiger partial charge in [-0.25, -0.2) is 14.6 Å². The van der Waals surface area contributed by atoms with Gasteiger partial charge in [0.25, 0.3) is 5.56 Å². The summed E-state index contributed by atoms with van der Waals surface area (Å²) in [6.07, 6.45) is 1.73. The summed E-state index contributed by atoms with van der Waals surface area (Å²) in [6, 6.07) is 20.4. The lowest BCUT2D eigenvalue weighted by molar-refractivity contribution is -0.140. The van der Waals surface area contributed by atoms with Gasteiger partial charge in [-0.15, -0.1) is 0 Å². The van der Waals surface area contributed by atoms with Gasteiger partial charge in [0.1, 0.15) is 18.1 Å². The first-order chi connectivity index (χ1) is 20.3. The maximum Gasteiger partial charge on any atom is 0.338 e. The van der Waals surface area contributed by atoms with Crippen LogP contribution in [0.25, 0.3) is 6.08 Å². The van der Waals surface area contributed by atoms with E-state index in [1.165, 1.54) is 23.0 Å². The van der Waals surface area contributed by atoms with Crippen molar-refractivity contribution in [2.75, 3.05) is 21.3 Å². The first-order valence-electron chi connectivity index (χ1n) is 13.0. The summed E-state index contributed by atoms with van der Waals surface area (Å²) in [6.45, 7) is 1.78. The highest BCUT2D eigenvalue weighted by molar-refractivity contribution is 7.07. The fourth-order valence-corrected chi connectivity index (χ4v) is 5.73. The van der Waals surface area contributed by atoms with Crippen molar-refractivity contribution in [2.24, 2.45) is 4.99 Å². The highest BCUT2D eigenvalue weighted by atomic mass is 32.1. The number of hydrogen-bond donors (Lipinski definition) is 0. The molecule has 0 spiro atoms. The number of fused-ring (bicyclic) bond motifs is 1. The van der Waals surface area contributed by atoms with E-state index in [4.69, 9.17) is 18.9 Å². The van der Waals surface area contributed by atoms with Gasteiger partial charge in [-0.3, -0.25) is 9.36 Å². The minimum atomic E-state index is -0.837. The number of benzene rings is 3. The lowest BCUT2D eigenvalue weighted by Gasteiger charge is -2.25. The lowest BCUT2D eigenvalue weighted by atomic mass is 9.95. The molecular formula is C32H28N2O7S. The minimum Gasteiger partial charge on any atom is -0.497 e.